The van der Waals surface area contributed by atoms with Crippen LogP contribution in [0.3, 0.4) is 0 Å². The molecule has 1 heterocycles. The van der Waals surface area contributed by atoms with Crippen LogP contribution >= 0.6 is 11.8 Å². The van der Waals surface area contributed by atoms with Crippen LogP contribution in [0, 0.1) is 0 Å². The Morgan fingerprint density at radius 3 is 2.75 bits per heavy atom. The zero-order chi connectivity index (χ0) is 14.5. The third-order valence-corrected chi connectivity index (χ3v) is 4.40. The molecular weight excluding hydrogens is 276 g/mol. The normalized spacial score (nSPS) is 19.9. The van der Waals surface area contributed by atoms with Gasteiger partial charge >= 0.3 is 5.97 Å². The van der Waals surface area contributed by atoms with Crippen molar-refractivity contribution in [2.45, 2.75) is 24.9 Å². The minimum absolute atomic E-state index is 0.131. The number of hydrogen-bond acceptors (Lipinski definition) is 4. The fourth-order valence-corrected chi connectivity index (χ4v) is 3.35. The van der Waals surface area contributed by atoms with E-state index in [4.69, 9.17) is 10.8 Å². The lowest BCUT2D eigenvalue weighted by molar-refractivity contribution is -0.147. The van der Waals surface area contributed by atoms with E-state index in [9.17, 15) is 9.59 Å². The number of benzene rings is 1. The average molecular weight is 294 g/mol. The highest BCUT2D eigenvalue weighted by Gasteiger charge is 2.34. The molecule has 0 spiro atoms. The van der Waals surface area contributed by atoms with Crippen LogP contribution in [0.15, 0.2) is 30.3 Å². The van der Waals surface area contributed by atoms with Crippen molar-refractivity contribution in [2.24, 2.45) is 5.73 Å². The maximum atomic E-state index is 12.1. The van der Waals surface area contributed by atoms with Gasteiger partial charge in [0.15, 0.2) is 0 Å². The summed E-state index contributed by atoms with van der Waals surface area (Å²) in [6, 6.07) is 8.71. The molecule has 0 aromatic heterocycles. The molecule has 1 aliphatic rings. The van der Waals surface area contributed by atoms with Gasteiger partial charge in [-0.3, -0.25) is 4.79 Å². The number of rotatable bonds is 5. The van der Waals surface area contributed by atoms with E-state index in [1.54, 1.807) is 0 Å². The number of carboxylic acids is 1. The SMILES string of the molecule is NC(CCC(=O)N1CSCC1C(=O)O)c1ccccc1. The van der Waals surface area contributed by atoms with Crippen molar-refractivity contribution in [1.82, 2.24) is 4.90 Å². The molecule has 1 aromatic rings. The maximum Gasteiger partial charge on any atom is 0.327 e. The molecule has 5 nitrogen and oxygen atoms in total. The number of carbonyl (C=O) groups excluding carboxylic acids is 1. The van der Waals surface area contributed by atoms with Gasteiger partial charge in [-0.15, -0.1) is 11.8 Å². The van der Waals surface area contributed by atoms with Crippen LogP contribution in [0.4, 0.5) is 0 Å². The molecule has 1 aromatic carbocycles. The molecule has 108 valence electrons. The van der Waals surface area contributed by atoms with Gasteiger partial charge < -0.3 is 15.7 Å². The third-order valence-electron chi connectivity index (χ3n) is 3.38. The van der Waals surface area contributed by atoms with Crippen LogP contribution in [-0.4, -0.2) is 39.6 Å². The zero-order valence-electron chi connectivity index (χ0n) is 11.1. The molecule has 6 heteroatoms. The molecule has 0 radical (unpaired) electrons. The number of thioether (sulfide) groups is 1. The molecule has 1 fully saturated rings. The van der Waals surface area contributed by atoms with Crippen molar-refractivity contribution in [1.29, 1.82) is 0 Å². The number of carbonyl (C=O) groups is 2. The Morgan fingerprint density at radius 2 is 2.10 bits per heavy atom. The smallest absolute Gasteiger partial charge is 0.327 e. The molecule has 20 heavy (non-hydrogen) atoms. The topological polar surface area (TPSA) is 83.6 Å². The fraction of sp³-hybridized carbons (Fsp3) is 0.429. The minimum atomic E-state index is -0.935. The number of hydrogen-bond donors (Lipinski definition) is 2. The summed E-state index contributed by atoms with van der Waals surface area (Å²) >= 11 is 1.47. The number of nitrogens with two attached hydrogens (primary N) is 1. The minimum Gasteiger partial charge on any atom is -0.480 e. The number of carboxylic acid groups (broad SMARTS) is 1. The van der Waals surface area contributed by atoms with E-state index in [0.29, 0.717) is 18.1 Å². The summed E-state index contributed by atoms with van der Waals surface area (Å²) < 4.78 is 0. The van der Waals surface area contributed by atoms with Gasteiger partial charge in [0.05, 0.1) is 5.88 Å². The summed E-state index contributed by atoms with van der Waals surface area (Å²) in [5, 5.41) is 9.06. The summed E-state index contributed by atoms with van der Waals surface area (Å²) in [7, 11) is 0. The average Bonchev–Trinajstić information content (AvgIpc) is 2.95. The highest BCUT2D eigenvalue weighted by atomic mass is 32.2. The Balaban J connectivity index is 1.87. The molecular formula is C14H18N2O3S. The van der Waals surface area contributed by atoms with Crippen molar-refractivity contribution >= 4 is 23.6 Å². The van der Waals surface area contributed by atoms with E-state index >= 15 is 0 Å². The predicted octanol–water partition coefficient (Wildman–Crippen LogP) is 1.45. The van der Waals surface area contributed by atoms with Crippen LogP contribution in [0.1, 0.15) is 24.4 Å². The largest absolute Gasteiger partial charge is 0.480 e. The van der Waals surface area contributed by atoms with Crippen molar-refractivity contribution in [3.8, 4) is 0 Å². The molecule has 0 saturated carbocycles. The van der Waals surface area contributed by atoms with Gasteiger partial charge in [0, 0.05) is 18.2 Å². The lowest BCUT2D eigenvalue weighted by Gasteiger charge is -2.21. The van der Waals surface area contributed by atoms with Crippen LogP contribution < -0.4 is 5.73 Å². The Morgan fingerprint density at radius 1 is 1.40 bits per heavy atom. The van der Waals surface area contributed by atoms with Crippen LogP contribution in [0.5, 0.6) is 0 Å². The van der Waals surface area contributed by atoms with Crippen LogP contribution in [0.25, 0.3) is 0 Å². The van der Waals surface area contributed by atoms with Gasteiger partial charge in [0.2, 0.25) is 5.91 Å². The van der Waals surface area contributed by atoms with Gasteiger partial charge in [-0.2, -0.15) is 0 Å². The summed E-state index contributed by atoms with van der Waals surface area (Å²) in [6.07, 6.45) is 0.802. The summed E-state index contributed by atoms with van der Waals surface area (Å²) in [4.78, 5) is 24.6. The Bertz CT molecular complexity index is 481. The van der Waals surface area contributed by atoms with Gasteiger partial charge in [0.25, 0.3) is 0 Å². The zero-order valence-corrected chi connectivity index (χ0v) is 11.9. The van der Waals surface area contributed by atoms with E-state index in [-0.39, 0.29) is 18.4 Å². The van der Waals surface area contributed by atoms with Gasteiger partial charge in [-0.05, 0) is 12.0 Å². The standard InChI is InChI=1S/C14H18N2O3S/c15-11(10-4-2-1-3-5-10)6-7-13(17)16-9-20-8-12(16)14(18)19/h1-5,11-12H,6-9,15H2,(H,18,19). The van der Waals surface area contributed by atoms with Crippen molar-refractivity contribution < 1.29 is 14.7 Å². The highest BCUT2D eigenvalue weighted by molar-refractivity contribution is 7.99. The second kappa shape index (κ2) is 6.76. The van der Waals surface area contributed by atoms with E-state index < -0.39 is 12.0 Å². The predicted molar refractivity (Wildman–Crippen MR) is 78.2 cm³/mol. The lowest BCUT2D eigenvalue weighted by atomic mass is 10.0. The second-order valence-electron chi connectivity index (χ2n) is 4.77. The van der Waals surface area contributed by atoms with Crippen LogP contribution in [-0.2, 0) is 9.59 Å². The first-order valence-electron chi connectivity index (χ1n) is 6.50. The molecule has 1 saturated heterocycles. The first-order valence-corrected chi connectivity index (χ1v) is 7.65. The van der Waals surface area contributed by atoms with Gasteiger partial charge in [-0.25, -0.2) is 4.79 Å². The number of nitrogens with zero attached hydrogens (tertiary/aromatic N) is 1. The first kappa shape index (κ1) is 14.9. The quantitative estimate of drug-likeness (QED) is 0.859. The fourth-order valence-electron chi connectivity index (χ4n) is 2.18. The highest BCUT2D eigenvalue weighted by Crippen LogP contribution is 2.23. The van der Waals surface area contributed by atoms with E-state index in [1.807, 2.05) is 30.3 Å². The summed E-state index contributed by atoms with van der Waals surface area (Å²) in [6.45, 7) is 0. The Hall–Kier alpha value is -1.53. The molecule has 1 aliphatic heterocycles. The monoisotopic (exact) mass is 294 g/mol. The van der Waals surface area contributed by atoms with E-state index in [2.05, 4.69) is 0 Å². The Kier molecular flexibility index (Phi) is 5.03. The van der Waals surface area contributed by atoms with Crippen molar-refractivity contribution in [3.63, 3.8) is 0 Å². The maximum absolute atomic E-state index is 12.1. The lowest BCUT2D eigenvalue weighted by Crippen LogP contribution is -2.41. The molecule has 2 rings (SSSR count). The molecule has 2 atom stereocenters. The molecule has 2 unspecified atom stereocenters. The van der Waals surface area contributed by atoms with Gasteiger partial charge in [0.1, 0.15) is 6.04 Å². The molecule has 0 bridgehead atoms. The summed E-state index contributed by atoms with van der Waals surface area (Å²) in [5.74, 6) is -0.146. The number of amides is 1. The number of aliphatic carboxylic acids is 1. The van der Waals surface area contributed by atoms with Gasteiger partial charge in [-0.1, -0.05) is 30.3 Å². The van der Waals surface area contributed by atoms with Crippen molar-refractivity contribution in [3.05, 3.63) is 35.9 Å². The molecule has 3 N–H and O–H groups in total. The van der Waals surface area contributed by atoms with Crippen molar-refractivity contribution in [2.75, 3.05) is 11.6 Å². The van der Waals surface area contributed by atoms with E-state index in [1.165, 1.54) is 16.7 Å². The molecule has 1 amide bonds. The third kappa shape index (κ3) is 3.52. The molecule has 0 aliphatic carbocycles. The Labute approximate surface area is 122 Å². The van der Waals surface area contributed by atoms with E-state index in [0.717, 1.165) is 5.56 Å². The first-order chi connectivity index (χ1) is 9.59. The summed E-state index contributed by atoms with van der Waals surface area (Å²) in [5.41, 5.74) is 7.04. The second-order valence-corrected chi connectivity index (χ2v) is 5.77. The van der Waals surface area contributed by atoms with Crippen LogP contribution in [0.2, 0.25) is 0 Å².